The van der Waals surface area contributed by atoms with Crippen LogP contribution in [0, 0.1) is 17.7 Å². The van der Waals surface area contributed by atoms with Crippen molar-refractivity contribution in [2.24, 2.45) is 0 Å². The van der Waals surface area contributed by atoms with Crippen molar-refractivity contribution in [2.45, 2.75) is 20.0 Å². The Hall–Kier alpha value is -1.37. The lowest BCUT2D eigenvalue weighted by atomic mass is 10.1. The number of benzene rings is 1. The fraction of sp³-hybridized carbons (Fsp3) is 0.385. The summed E-state index contributed by atoms with van der Waals surface area (Å²) in [5.74, 6) is 5.04. The lowest BCUT2D eigenvalue weighted by molar-refractivity contribution is 0.134. The van der Waals surface area contributed by atoms with Gasteiger partial charge in [0.1, 0.15) is 5.82 Å². The van der Waals surface area contributed by atoms with Gasteiger partial charge in [0.25, 0.3) is 0 Å². The van der Waals surface area contributed by atoms with E-state index in [1.54, 1.807) is 12.1 Å². The Morgan fingerprint density at radius 3 is 2.94 bits per heavy atom. The molecule has 0 unspecified atom stereocenters. The van der Waals surface area contributed by atoms with E-state index in [1.165, 1.54) is 6.07 Å². The van der Waals surface area contributed by atoms with Gasteiger partial charge in [0, 0.05) is 13.0 Å². The Labute approximate surface area is 95.1 Å². The van der Waals surface area contributed by atoms with E-state index in [4.69, 9.17) is 9.84 Å². The van der Waals surface area contributed by atoms with Crippen LogP contribution in [0.5, 0.6) is 0 Å². The van der Waals surface area contributed by atoms with Crippen LogP contribution in [0.15, 0.2) is 18.2 Å². The summed E-state index contributed by atoms with van der Waals surface area (Å²) in [7, 11) is 0. The molecule has 16 heavy (non-hydrogen) atoms. The van der Waals surface area contributed by atoms with Gasteiger partial charge in [-0.1, -0.05) is 17.9 Å². The van der Waals surface area contributed by atoms with Crippen LogP contribution in [0.4, 0.5) is 4.39 Å². The molecule has 0 atom stereocenters. The maximum atomic E-state index is 13.3. The molecular formula is C13H15FO2. The molecule has 1 N–H and O–H groups in total. The number of aliphatic hydroxyl groups excluding tert-OH is 1. The Morgan fingerprint density at radius 2 is 2.25 bits per heavy atom. The minimum Gasteiger partial charge on any atom is -0.395 e. The molecule has 1 aromatic carbocycles. The molecule has 0 aromatic heterocycles. The Morgan fingerprint density at radius 1 is 1.44 bits per heavy atom. The lowest BCUT2D eigenvalue weighted by Gasteiger charge is -2.02. The number of halogens is 1. The molecule has 0 radical (unpaired) electrons. The second-order valence-electron chi connectivity index (χ2n) is 3.23. The average Bonchev–Trinajstić information content (AvgIpc) is 2.30. The van der Waals surface area contributed by atoms with Crippen molar-refractivity contribution in [2.75, 3.05) is 13.2 Å². The van der Waals surface area contributed by atoms with Crippen molar-refractivity contribution >= 4 is 0 Å². The first-order valence-electron chi connectivity index (χ1n) is 5.23. The van der Waals surface area contributed by atoms with Gasteiger partial charge in [0.05, 0.1) is 18.8 Å². The summed E-state index contributed by atoms with van der Waals surface area (Å²) in [5, 5.41) is 8.57. The van der Waals surface area contributed by atoms with Crippen molar-refractivity contribution in [1.29, 1.82) is 0 Å². The summed E-state index contributed by atoms with van der Waals surface area (Å²) in [5.41, 5.74) is 1.25. The number of ether oxygens (including phenoxy) is 1. The highest BCUT2D eigenvalue weighted by Crippen LogP contribution is 2.10. The van der Waals surface area contributed by atoms with Gasteiger partial charge in [-0.05, 0) is 24.6 Å². The van der Waals surface area contributed by atoms with Crippen molar-refractivity contribution in [3.8, 4) is 11.8 Å². The molecule has 1 aromatic rings. The van der Waals surface area contributed by atoms with Crippen LogP contribution in [-0.4, -0.2) is 18.3 Å². The summed E-state index contributed by atoms with van der Waals surface area (Å²) >= 11 is 0. The third kappa shape index (κ3) is 4.01. The fourth-order valence-electron chi connectivity index (χ4n) is 1.19. The van der Waals surface area contributed by atoms with Gasteiger partial charge in [-0.2, -0.15) is 0 Å². The van der Waals surface area contributed by atoms with Crippen molar-refractivity contribution in [3.05, 3.63) is 35.1 Å². The summed E-state index contributed by atoms with van der Waals surface area (Å²) in [6, 6.07) is 4.74. The van der Waals surface area contributed by atoms with Crippen molar-refractivity contribution in [1.82, 2.24) is 0 Å². The molecule has 86 valence electrons. The van der Waals surface area contributed by atoms with E-state index in [0.717, 1.165) is 5.56 Å². The molecule has 0 saturated carbocycles. The molecule has 0 aliphatic rings. The molecule has 0 aliphatic carbocycles. The minimum absolute atomic E-state index is 0.00669. The smallest absolute Gasteiger partial charge is 0.138 e. The van der Waals surface area contributed by atoms with Crippen LogP contribution in [0.25, 0.3) is 0 Å². The summed E-state index contributed by atoms with van der Waals surface area (Å²) in [6.07, 6.45) is 0.356. The average molecular weight is 222 g/mol. The zero-order valence-electron chi connectivity index (χ0n) is 9.29. The van der Waals surface area contributed by atoms with E-state index in [0.29, 0.717) is 25.2 Å². The van der Waals surface area contributed by atoms with Crippen LogP contribution in [-0.2, 0) is 11.3 Å². The molecule has 0 saturated heterocycles. The van der Waals surface area contributed by atoms with Gasteiger partial charge in [0.2, 0.25) is 0 Å². The second kappa shape index (κ2) is 7.00. The lowest BCUT2D eigenvalue weighted by Crippen LogP contribution is -1.94. The molecule has 1 rings (SSSR count). The predicted molar refractivity (Wildman–Crippen MR) is 60.3 cm³/mol. The summed E-state index contributed by atoms with van der Waals surface area (Å²) in [6.45, 7) is 2.99. The quantitative estimate of drug-likeness (QED) is 0.790. The van der Waals surface area contributed by atoms with Crippen LogP contribution in [0.1, 0.15) is 24.5 Å². The van der Waals surface area contributed by atoms with E-state index in [9.17, 15) is 4.39 Å². The highest BCUT2D eigenvalue weighted by molar-refractivity contribution is 5.38. The highest BCUT2D eigenvalue weighted by Gasteiger charge is 2.00. The van der Waals surface area contributed by atoms with E-state index in [1.807, 2.05) is 6.92 Å². The first kappa shape index (κ1) is 12.7. The molecule has 0 bridgehead atoms. The molecule has 0 aliphatic heterocycles. The molecule has 0 spiro atoms. The molecule has 3 heteroatoms. The van der Waals surface area contributed by atoms with Crippen molar-refractivity contribution in [3.63, 3.8) is 0 Å². The van der Waals surface area contributed by atoms with Gasteiger partial charge >= 0.3 is 0 Å². The maximum absolute atomic E-state index is 13.3. The number of hydrogen-bond donors (Lipinski definition) is 1. The predicted octanol–water partition coefficient (Wildman–Crippen LogP) is 2.10. The third-order valence-electron chi connectivity index (χ3n) is 1.96. The SMILES string of the molecule is CCOCc1ccc(F)c(C#CCCO)c1. The van der Waals surface area contributed by atoms with Crippen molar-refractivity contribution < 1.29 is 14.2 Å². The number of hydrogen-bond acceptors (Lipinski definition) is 2. The second-order valence-corrected chi connectivity index (χ2v) is 3.23. The minimum atomic E-state index is -0.342. The summed E-state index contributed by atoms with van der Waals surface area (Å²) < 4.78 is 18.5. The van der Waals surface area contributed by atoms with Crippen LogP contribution < -0.4 is 0 Å². The maximum Gasteiger partial charge on any atom is 0.138 e. The Balaban J connectivity index is 2.79. The van der Waals surface area contributed by atoms with Crippen LogP contribution in [0.3, 0.4) is 0 Å². The zero-order chi connectivity index (χ0) is 11.8. The largest absolute Gasteiger partial charge is 0.395 e. The van der Waals surface area contributed by atoms with Gasteiger partial charge in [-0.25, -0.2) is 4.39 Å². The van der Waals surface area contributed by atoms with E-state index in [-0.39, 0.29) is 12.4 Å². The standard InChI is InChI=1S/C13H15FO2/c1-2-16-10-11-6-7-13(14)12(9-11)5-3-4-8-15/h6-7,9,15H,2,4,8,10H2,1H3. The first-order chi connectivity index (χ1) is 7.77. The van der Waals surface area contributed by atoms with E-state index >= 15 is 0 Å². The number of aliphatic hydroxyl groups is 1. The van der Waals surface area contributed by atoms with Gasteiger partial charge < -0.3 is 9.84 Å². The zero-order valence-corrected chi connectivity index (χ0v) is 9.29. The highest BCUT2D eigenvalue weighted by atomic mass is 19.1. The molecule has 0 heterocycles. The topological polar surface area (TPSA) is 29.5 Å². The third-order valence-corrected chi connectivity index (χ3v) is 1.96. The van der Waals surface area contributed by atoms with E-state index in [2.05, 4.69) is 11.8 Å². The summed E-state index contributed by atoms with van der Waals surface area (Å²) in [4.78, 5) is 0. The van der Waals surface area contributed by atoms with E-state index < -0.39 is 0 Å². The normalized spacial score (nSPS) is 9.69. The van der Waals surface area contributed by atoms with Gasteiger partial charge in [0.15, 0.2) is 0 Å². The number of rotatable bonds is 4. The fourth-order valence-corrected chi connectivity index (χ4v) is 1.19. The van der Waals surface area contributed by atoms with Gasteiger partial charge in [-0.15, -0.1) is 0 Å². The monoisotopic (exact) mass is 222 g/mol. The first-order valence-corrected chi connectivity index (χ1v) is 5.23. The van der Waals surface area contributed by atoms with Crippen LogP contribution in [0.2, 0.25) is 0 Å². The van der Waals surface area contributed by atoms with Gasteiger partial charge in [-0.3, -0.25) is 0 Å². The Kier molecular flexibility index (Phi) is 5.55. The molecule has 0 fully saturated rings. The molecule has 2 nitrogen and oxygen atoms in total. The molecular weight excluding hydrogens is 207 g/mol. The molecule has 0 amide bonds. The van der Waals surface area contributed by atoms with Crippen LogP contribution >= 0.6 is 0 Å². The Bertz CT molecular complexity index is 391.